The van der Waals surface area contributed by atoms with Crippen LogP contribution >= 0.6 is 0 Å². The fraction of sp³-hybridized carbons (Fsp3) is 0.346. The summed E-state index contributed by atoms with van der Waals surface area (Å²) in [5.41, 5.74) is 3.29. The van der Waals surface area contributed by atoms with Gasteiger partial charge < -0.3 is 14.5 Å². The molecule has 0 saturated carbocycles. The van der Waals surface area contributed by atoms with Crippen LogP contribution in [0.3, 0.4) is 0 Å². The van der Waals surface area contributed by atoms with Crippen LogP contribution in [0.4, 0.5) is 5.82 Å². The average Bonchev–Trinajstić information content (AvgIpc) is 2.84. The number of rotatable bonds is 7. The Labute approximate surface area is 189 Å². The molecule has 0 bridgehead atoms. The van der Waals surface area contributed by atoms with Gasteiger partial charge in [-0.15, -0.1) is 0 Å². The molecule has 6 nitrogen and oxygen atoms in total. The van der Waals surface area contributed by atoms with Gasteiger partial charge in [-0.3, -0.25) is 4.79 Å². The molecule has 0 N–H and O–H groups in total. The number of amides is 1. The molecule has 0 aliphatic carbocycles. The van der Waals surface area contributed by atoms with Gasteiger partial charge in [0.05, 0.1) is 5.69 Å². The fourth-order valence-corrected chi connectivity index (χ4v) is 3.93. The number of piperazine rings is 1. The molecule has 0 radical (unpaired) electrons. The number of ether oxygens (including phenoxy) is 1. The largest absolute Gasteiger partial charge is 0.484 e. The Morgan fingerprint density at radius 1 is 0.969 bits per heavy atom. The molecular weight excluding hydrogens is 400 g/mol. The summed E-state index contributed by atoms with van der Waals surface area (Å²) in [6.07, 6.45) is 2.18. The SMILES string of the molecule is CCCc1ccc(OCC(=O)N2CCN(c3cc(-c4ccccc4)nc(C)n3)CC2)cc1. The zero-order valence-corrected chi connectivity index (χ0v) is 18.8. The van der Waals surface area contributed by atoms with Gasteiger partial charge in [0.25, 0.3) is 5.91 Å². The van der Waals surface area contributed by atoms with Crippen molar-refractivity contribution in [1.82, 2.24) is 14.9 Å². The Morgan fingerprint density at radius 3 is 2.38 bits per heavy atom. The van der Waals surface area contributed by atoms with Gasteiger partial charge in [0.1, 0.15) is 17.4 Å². The normalized spacial score (nSPS) is 13.8. The molecule has 0 spiro atoms. The van der Waals surface area contributed by atoms with Crippen molar-refractivity contribution in [1.29, 1.82) is 0 Å². The average molecular weight is 431 g/mol. The van der Waals surface area contributed by atoms with E-state index < -0.39 is 0 Å². The molecule has 0 atom stereocenters. The van der Waals surface area contributed by atoms with Gasteiger partial charge >= 0.3 is 0 Å². The highest BCUT2D eigenvalue weighted by molar-refractivity contribution is 5.78. The van der Waals surface area contributed by atoms with E-state index in [0.717, 1.165) is 54.6 Å². The van der Waals surface area contributed by atoms with Gasteiger partial charge in [0.2, 0.25) is 0 Å². The van der Waals surface area contributed by atoms with Crippen LogP contribution in [0.15, 0.2) is 60.7 Å². The van der Waals surface area contributed by atoms with Crippen molar-refractivity contribution in [3.05, 3.63) is 72.1 Å². The van der Waals surface area contributed by atoms with Gasteiger partial charge in [0, 0.05) is 37.8 Å². The Bertz CT molecular complexity index is 1030. The van der Waals surface area contributed by atoms with E-state index in [9.17, 15) is 4.79 Å². The third-order valence-electron chi connectivity index (χ3n) is 5.67. The Balaban J connectivity index is 1.32. The molecule has 3 aromatic rings. The summed E-state index contributed by atoms with van der Waals surface area (Å²) in [5.74, 6) is 2.41. The van der Waals surface area contributed by atoms with E-state index in [1.807, 2.05) is 48.2 Å². The molecule has 166 valence electrons. The maximum Gasteiger partial charge on any atom is 0.260 e. The number of benzene rings is 2. The first-order valence-electron chi connectivity index (χ1n) is 11.3. The lowest BCUT2D eigenvalue weighted by molar-refractivity contribution is -0.133. The molecule has 1 fully saturated rings. The van der Waals surface area contributed by atoms with E-state index in [-0.39, 0.29) is 12.5 Å². The van der Waals surface area contributed by atoms with Crippen LogP contribution in [0.5, 0.6) is 5.75 Å². The molecule has 1 saturated heterocycles. The van der Waals surface area contributed by atoms with Gasteiger partial charge in [-0.1, -0.05) is 55.8 Å². The number of hydrogen-bond donors (Lipinski definition) is 0. The third kappa shape index (κ3) is 5.44. The van der Waals surface area contributed by atoms with Crippen molar-refractivity contribution in [3.8, 4) is 17.0 Å². The highest BCUT2D eigenvalue weighted by Crippen LogP contribution is 2.22. The second kappa shape index (κ2) is 10.3. The van der Waals surface area contributed by atoms with Crippen molar-refractivity contribution >= 4 is 11.7 Å². The van der Waals surface area contributed by atoms with Crippen molar-refractivity contribution in [2.24, 2.45) is 0 Å². The number of aryl methyl sites for hydroxylation is 2. The molecule has 2 aromatic carbocycles. The molecule has 0 unspecified atom stereocenters. The first kappa shape index (κ1) is 21.8. The second-order valence-corrected chi connectivity index (χ2v) is 8.08. The van der Waals surface area contributed by atoms with E-state index in [1.165, 1.54) is 5.56 Å². The molecular formula is C26H30N4O2. The summed E-state index contributed by atoms with van der Waals surface area (Å²) in [6.45, 7) is 6.93. The fourth-order valence-electron chi connectivity index (χ4n) is 3.93. The molecule has 2 heterocycles. The quantitative estimate of drug-likeness (QED) is 0.564. The minimum absolute atomic E-state index is 0.0196. The second-order valence-electron chi connectivity index (χ2n) is 8.08. The summed E-state index contributed by atoms with van der Waals surface area (Å²) in [5, 5.41) is 0. The molecule has 1 amide bonds. The van der Waals surface area contributed by atoms with E-state index in [0.29, 0.717) is 13.1 Å². The highest BCUT2D eigenvalue weighted by atomic mass is 16.5. The molecule has 32 heavy (non-hydrogen) atoms. The van der Waals surface area contributed by atoms with Crippen molar-refractivity contribution < 1.29 is 9.53 Å². The predicted molar refractivity (Wildman–Crippen MR) is 127 cm³/mol. The van der Waals surface area contributed by atoms with Crippen LogP contribution in [-0.2, 0) is 11.2 Å². The van der Waals surface area contributed by atoms with Crippen LogP contribution in [0.1, 0.15) is 24.7 Å². The standard InChI is InChI=1S/C26H30N4O2/c1-3-7-21-10-12-23(13-11-21)32-19-26(31)30-16-14-29(15-17-30)25-18-24(27-20(2)28-25)22-8-5-4-6-9-22/h4-6,8-13,18H,3,7,14-17,19H2,1-2H3. The number of hydrogen-bond acceptors (Lipinski definition) is 5. The maximum atomic E-state index is 12.6. The van der Waals surface area contributed by atoms with Crippen molar-refractivity contribution in [2.75, 3.05) is 37.7 Å². The third-order valence-corrected chi connectivity index (χ3v) is 5.67. The summed E-state index contributed by atoms with van der Waals surface area (Å²) in [7, 11) is 0. The smallest absolute Gasteiger partial charge is 0.260 e. The van der Waals surface area contributed by atoms with E-state index >= 15 is 0 Å². The summed E-state index contributed by atoms with van der Waals surface area (Å²) in [6, 6.07) is 20.2. The van der Waals surface area contributed by atoms with Crippen LogP contribution in [0.25, 0.3) is 11.3 Å². The van der Waals surface area contributed by atoms with Gasteiger partial charge in [-0.2, -0.15) is 0 Å². The van der Waals surface area contributed by atoms with Gasteiger partial charge in [0.15, 0.2) is 6.61 Å². The summed E-state index contributed by atoms with van der Waals surface area (Å²) < 4.78 is 5.72. The topological polar surface area (TPSA) is 58.6 Å². The molecule has 1 aromatic heterocycles. The maximum absolute atomic E-state index is 12.6. The predicted octanol–water partition coefficient (Wildman–Crippen LogP) is 4.13. The van der Waals surface area contributed by atoms with Crippen LogP contribution in [0, 0.1) is 6.92 Å². The summed E-state index contributed by atoms with van der Waals surface area (Å²) in [4.78, 5) is 26.0. The lowest BCUT2D eigenvalue weighted by Crippen LogP contribution is -2.50. The van der Waals surface area contributed by atoms with E-state index in [1.54, 1.807) is 0 Å². The Kier molecular flexibility index (Phi) is 7.00. The number of nitrogens with zero attached hydrogens (tertiary/aromatic N) is 4. The lowest BCUT2D eigenvalue weighted by Gasteiger charge is -2.35. The van der Waals surface area contributed by atoms with Crippen molar-refractivity contribution in [2.45, 2.75) is 26.7 Å². The van der Waals surface area contributed by atoms with Crippen LogP contribution in [0.2, 0.25) is 0 Å². The van der Waals surface area contributed by atoms with Crippen LogP contribution in [-0.4, -0.2) is 53.6 Å². The lowest BCUT2D eigenvalue weighted by atomic mass is 10.1. The number of anilines is 1. The van der Waals surface area contributed by atoms with Gasteiger partial charge in [-0.05, 0) is 31.0 Å². The zero-order chi connectivity index (χ0) is 22.3. The number of carbonyl (C=O) groups excluding carboxylic acids is 1. The van der Waals surface area contributed by atoms with E-state index in [2.05, 4.69) is 46.1 Å². The molecule has 1 aliphatic heterocycles. The Hall–Kier alpha value is -3.41. The van der Waals surface area contributed by atoms with Crippen molar-refractivity contribution in [3.63, 3.8) is 0 Å². The first-order valence-corrected chi connectivity index (χ1v) is 11.3. The van der Waals surface area contributed by atoms with Gasteiger partial charge in [-0.25, -0.2) is 9.97 Å². The monoisotopic (exact) mass is 430 g/mol. The highest BCUT2D eigenvalue weighted by Gasteiger charge is 2.23. The minimum Gasteiger partial charge on any atom is -0.484 e. The zero-order valence-electron chi connectivity index (χ0n) is 18.8. The number of carbonyl (C=O) groups is 1. The first-order chi connectivity index (χ1) is 15.6. The van der Waals surface area contributed by atoms with Crippen LogP contribution < -0.4 is 9.64 Å². The summed E-state index contributed by atoms with van der Waals surface area (Å²) >= 11 is 0. The minimum atomic E-state index is 0.0196. The number of aromatic nitrogens is 2. The Morgan fingerprint density at radius 2 is 1.69 bits per heavy atom. The molecule has 1 aliphatic rings. The van der Waals surface area contributed by atoms with E-state index in [4.69, 9.17) is 4.74 Å². The molecule has 6 heteroatoms. The molecule has 4 rings (SSSR count).